The lowest BCUT2D eigenvalue weighted by Crippen LogP contribution is -2.29. The van der Waals surface area contributed by atoms with Crippen LogP contribution in [0.4, 0.5) is 13.2 Å². The summed E-state index contributed by atoms with van der Waals surface area (Å²) in [6.45, 7) is 1.77. The third kappa shape index (κ3) is 1.20. The van der Waals surface area contributed by atoms with Gasteiger partial charge in [0, 0.05) is 6.42 Å². The van der Waals surface area contributed by atoms with Crippen molar-refractivity contribution in [3.63, 3.8) is 0 Å². The summed E-state index contributed by atoms with van der Waals surface area (Å²) in [5.41, 5.74) is -1.84. The molecule has 1 heterocycles. The van der Waals surface area contributed by atoms with E-state index in [-0.39, 0.29) is 18.7 Å². The Labute approximate surface area is 78.3 Å². The van der Waals surface area contributed by atoms with Crippen molar-refractivity contribution in [2.24, 2.45) is 0 Å². The molecule has 0 atom stereocenters. The van der Waals surface area contributed by atoms with Gasteiger partial charge in [-0.2, -0.15) is 18.2 Å². The SMILES string of the molecule is CCc1noc(C2(C(F)(F)F)CC2)n1. The van der Waals surface area contributed by atoms with E-state index in [1.54, 1.807) is 6.92 Å². The molecule has 2 rings (SSSR count). The lowest BCUT2D eigenvalue weighted by atomic mass is 10.1. The molecule has 1 saturated carbocycles. The Hall–Kier alpha value is -1.07. The maximum Gasteiger partial charge on any atom is 0.403 e. The Kier molecular flexibility index (Phi) is 1.84. The maximum absolute atomic E-state index is 12.6. The first kappa shape index (κ1) is 9.48. The van der Waals surface area contributed by atoms with E-state index in [4.69, 9.17) is 0 Å². The molecule has 1 aliphatic rings. The molecule has 0 spiro atoms. The molecular weight excluding hydrogens is 197 g/mol. The summed E-state index contributed by atoms with van der Waals surface area (Å²) in [5.74, 6) is 0.0531. The first-order valence-corrected chi connectivity index (χ1v) is 4.39. The fraction of sp³-hybridized carbons (Fsp3) is 0.750. The van der Waals surface area contributed by atoms with Crippen LogP contribution < -0.4 is 0 Å². The lowest BCUT2D eigenvalue weighted by Gasteiger charge is -2.13. The fourth-order valence-electron chi connectivity index (χ4n) is 1.34. The van der Waals surface area contributed by atoms with Crippen LogP contribution in [0.3, 0.4) is 0 Å². The Morgan fingerprint density at radius 2 is 2.07 bits per heavy atom. The predicted octanol–water partition coefficient (Wildman–Crippen LogP) is 2.23. The number of hydrogen-bond acceptors (Lipinski definition) is 3. The molecular formula is C8H9F3N2O. The summed E-state index contributed by atoms with van der Waals surface area (Å²) in [7, 11) is 0. The van der Waals surface area contributed by atoms with Crippen molar-refractivity contribution in [1.82, 2.24) is 10.1 Å². The summed E-state index contributed by atoms with van der Waals surface area (Å²) in [4.78, 5) is 3.73. The van der Waals surface area contributed by atoms with Gasteiger partial charge >= 0.3 is 6.18 Å². The van der Waals surface area contributed by atoms with Crippen LogP contribution >= 0.6 is 0 Å². The van der Waals surface area contributed by atoms with E-state index in [2.05, 4.69) is 14.7 Å². The zero-order valence-electron chi connectivity index (χ0n) is 7.56. The Morgan fingerprint density at radius 1 is 1.43 bits per heavy atom. The first-order chi connectivity index (χ1) is 6.49. The van der Waals surface area contributed by atoms with Gasteiger partial charge in [-0.05, 0) is 12.8 Å². The summed E-state index contributed by atoms with van der Waals surface area (Å²) >= 11 is 0. The second kappa shape index (κ2) is 2.71. The van der Waals surface area contributed by atoms with Gasteiger partial charge in [-0.3, -0.25) is 0 Å². The van der Waals surface area contributed by atoms with Gasteiger partial charge in [0.1, 0.15) is 5.41 Å². The number of rotatable bonds is 2. The summed E-state index contributed by atoms with van der Waals surface area (Å²) in [5, 5.41) is 3.47. The molecule has 0 bridgehead atoms. The number of aryl methyl sites for hydroxylation is 1. The van der Waals surface area contributed by atoms with E-state index in [0.29, 0.717) is 12.2 Å². The van der Waals surface area contributed by atoms with Gasteiger partial charge in [0.05, 0.1) is 0 Å². The maximum atomic E-state index is 12.6. The average Bonchev–Trinajstić information content (AvgIpc) is 2.79. The largest absolute Gasteiger partial charge is 0.403 e. The number of alkyl halides is 3. The molecule has 3 nitrogen and oxygen atoms in total. The highest BCUT2D eigenvalue weighted by molar-refractivity contribution is 5.19. The van der Waals surface area contributed by atoms with Crippen molar-refractivity contribution in [2.75, 3.05) is 0 Å². The van der Waals surface area contributed by atoms with E-state index in [0.717, 1.165) is 0 Å². The molecule has 0 radical (unpaired) electrons. The van der Waals surface area contributed by atoms with Crippen molar-refractivity contribution in [3.8, 4) is 0 Å². The van der Waals surface area contributed by atoms with E-state index in [1.165, 1.54) is 0 Å². The standard InChI is InChI=1S/C8H9F3N2O/c1-2-5-12-6(14-13-5)7(3-4-7)8(9,10)11/h2-4H2,1H3. The van der Waals surface area contributed by atoms with Gasteiger partial charge in [-0.25, -0.2) is 0 Å². The van der Waals surface area contributed by atoms with Crippen LogP contribution in [0.1, 0.15) is 31.5 Å². The molecule has 1 aromatic heterocycles. The average molecular weight is 206 g/mol. The zero-order chi connectivity index (χ0) is 10.4. The number of hydrogen-bond donors (Lipinski definition) is 0. The molecule has 78 valence electrons. The Bertz CT molecular complexity index is 341. The van der Waals surface area contributed by atoms with Gasteiger partial charge < -0.3 is 4.52 Å². The molecule has 1 aromatic rings. The number of aromatic nitrogens is 2. The van der Waals surface area contributed by atoms with Crippen molar-refractivity contribution < 1.29 is 17.7 Å². The van der Waals surface area contributed by atoms with Crippen molar-refractivity contribution in [2.45, 2.75) is 37.8 Å². The monoisotopic (exact) mass is 206 g/mol. The van der Waals surface area contributed by atoms with Crippen LogP contribution in [0.15, 0.2) is 4.52 Å². The molecule has 1 fully saturated rings. The predicted molar refractivity (Wildman–Crippen MR) is 40.6 cm³/mol. The minimum atomic E-state index is -4.27. The third-order valence-corrected chi connectivity index (χ3v) is 2.49. The Morgan fingerprint density at radius 3 is 2.43 bits per heavy atom. The van der Waals surface area contributed by atoms with Crippen LogP contribution in [0.5, 0.6) is 0 Å². The quantitative estimate of drug-likeness (QED) is 0.744. The molecule has 0 amide bonds. The summed E-state index contributed by atoms with van der Waals surface area (Å²) in [6.07, 6.45) is -3.67. The van der Waals surface area contributed by atoms with Crippen molar-refractivity contribution in [1.29, 1.82) is 0 Å². The van der Waals surface area contributed by atoms with E-state index in [9.17, 15) is 13.2 Å². The molecule has 14 heavy (non-hydrogen) atoms. The molecule has 0 saturated heterocycles. The second-order valence-electron chi connectivity index (χ2n) is 3.45. The minimum absolute atomic E-state index is 0.0574. The molecule has 0 aromatic carbocycles. The normalized spacial score (nSPS) is 19.7. The highest BCUT2D eigenvalue weighted by Crippen LogP contribution is 2.58. The smallest absolute Gasteiger partial charge is 0.338 e. The van der Waals surface area contributed by atoms with Gasteiger partial charge in [0.15, 0.2) is 5.82 Å². The van der Waals surface area contributed by atoms with E-state index < -0.39 is 11.6 Å². The van der Waals surface area contributed by atoms with E-state index >= 15 is 0 Å². The van der Waals surface area contributed by atoms with E-state index in [1.807, 2.05) is 0 Å². The molecule has 1 aliphatic carbocycles. The Balaban J connectivity index is 2.31. The van der Waals surface area contributed by atoms with Gasteiger partial charge in [-0.1, -0.05) is 12.1 Å². The first-order valence-electron chi connectivity index (χ1n) is 4.39. The van der Waals surface area contributed by atoms with Gasteiger partial charge in [0.25, 0.3) is 0 Å². The third-order valence-electron chi connectivity index (χ3n) is 2.49. The van der Waals surface area contributed by atoms with Crippen molar-refractivity contribution >= 4 is 0 Å². The summed E-state index contributed by atoms with van der Waals surface area (Å²) < 4.78 is 42.3. The van der Waals surface area contributed by atoms with Gasteiger partial charge in [0.2, 0.25) is 5.89 Å². The minimum Gasteiger partial charge on any atom is -0.338 e. The van der Waals surface area contributed by atoms with Crippen LogP contribution in [0.2, 0.25) is 0 Å². The number of halogens is 3. The molecule has 6 heteroatoms. The van der Waals surface area contributed by atoms with Crippen LogP contribution in [-0.2, 0) is 11.8 Å². The van der Waals surface area contributed by atoms with Crippen LogP contribution in [0, 0.1) is 0 Å². The van der Waals surface area contributed by atoms with Crippen molar-refractivity contribution in [3.05, 3.63) is 11.7 Å². The van der Waals surface area contributed by atoms with Crippen LogP contribution in [-0.4, -0.2) is 16.3 Å². The zero-order valence-corrected chi connectivity index (χ0v) is 7.56. The van der Waals surface area contributed by atoms with Gasteiger partial charge in [-0.15, -0.1) is 0 Å². The fourth-order valence-corrected chi connectivity index (χ4v) is 1.34. The lowest BCUT2D eigenvalue weighted by molar-refractivity contribution is -0.166. The highest BCUT2D eigenvalue weighted by Gasteiger charge is 2.68. The molecule has 0 N–H and O–H groups in total. The molecule has 0 aliphatic heterocycles. The van der Waals surface area contributed by atoms with Crippen LogP contribution in [0.25, 0.3) is 0 Å². The highest BCUT2D eigenvalue weighted by atomic mass is 19.4. The molecule has 0 unspecified atom stereocenters. The second-order valence-corrected chi connectivity index (χ2v) is 3.45. The number of nitrogens with zero attached hydrogens (tertiary/aromatic N) is 2. The summed E-state index contributed by atoms with van der Waals surface area (Å²) in [6, 6.07) is 0. The topological polar surface area (TPSA) is 38.9 Å².